The number of amides is 1. The standard InChI is InChI=1S/C11H10N2O/c1-7-2-3-8-4-5-13-10(11(12)14)9(8)6-7/h2-6H,1H3,(H2,12,14). The summed E-state index contributed by atoms with van der Waals surface area (Å²) in [6.45, 7) is 1.97. The van der Waals surface area contributed by atoms with E-state index in [0.29, 0.717) is 5.69 Å². The molecule has 1 amide bonds. The van der Waals surface area contributed by atoms with E-state index >= 15 is 0 Å². The van der Waals surface area contributed by atoms with Gasteiger partial charge in [0.05, 0.1) is 0 Å². The molecule has 0 aliphatic rings. The van der Waals surface area contributed by atoms with Crippen LogP contribution in [0.1, 0.15) is 16.1 Å². The van der Waals surface area contributed by atoms with E-state index in [4.69, 9.17) is 5.73 Å². The lowest BCUT2D eigenvalue weighted by Gasteiger charge is -2.02. The molecule has 1 aromatic carbocycles. The van der Waals surface area contributed by atoms with E-state index in [2.05, 4.69) is 4.98 Å². The molecule has 2 aromatic rings. The number of carbonyl (C=O) groups is 1. The first-order chi connectivity index (χ1) is 6.68. The molecule has 14 heavy (non-hydrogen) atoms. The Kier molecular flexibility index (Phi) is 1.93. The van der Waals surface area contributed by atoms with Crippen molar-refractivity contribution in [2.45, 2.75) is 6.92 Å². The topological polar surface area (TPSA) is 56.0 Å². The number of aryl methyl sites for hydroxylation is 1. The lowest BCUT2D eigenvalue weighted by atomic mass is 10.1. The van der Waals surface area contributed by atoms with Crippen molar-refractivity contribution in [1.82, 2.24) is 4.98 Å². The Hall–Kier alpha value is -1.90. The summed E-state index contributed by atoms with van der Waals surface area (Å²) >= 11 is 0. The van der Waals surface area contributed by atoms with Crippen molar-refractivity contribution in [3.05, 3.63) is 41.7 Å². The molecule has 0 aliphatic heterocycles. The zero-order chi connectivity index (χ0) is 10.1. The van der Waals surface area contributed by atoms with Gasteiger partial charge in [-0.05, 0) is 24.4 Å². The van der Waals surface area contributed by atoms with Gasteiger partial charge < -0.3 is 5.73 Å². The van der Waals surface area contributed by atoms with E-state index in [1.165, 1.54) is 0 Å². The molecule has 0 unspecified atom stereocenters. The summed E-state index contributed by atoms with van der Waals surface area (Å²) in [5.41, 5.74) is 6.66. The number of benzene rings is 1. The quantitative estimate of drug-likeness (QED) is 0.736. The molecule has 70 valence electrons. The molecule has 0 radical (unpaired) electrons. The molecule has 0 spiro atoms. The fraction of sp³-hybridized carbons (Fsp3) is 0.0909. The van der Waals surface area contributed by atoms with Crippen LogP contribution < -0.4 is 5.73 Å². The Balaban J connectivity index is 2.84. The number of pyridine rings is 1. The van der Waals surface area contributed by atoms with Crippen LogP contribution in [0.15, 0.2) is 30.5 Å². The van der Waals surface area contributed by atoms with Crippen LogP contribution in [-0.2, 0) is 0 Å². The summed E-state index contributed by atoms with van der Waals surface area (Å²) < 4.78 is 0. The number of hydrogen-bond donors (Lipinski definition) is 1. The van der Waals surface area contributed by atoms with Gasteiger partial charge in [0.25, 0.3) is 5.91 Å². The second-order valence-electron chi connectivity index (χ2n) is 3.25. The largest absolute Gasteiger partial charge is 0.364 e. The minimum absolute atomic E-state index is 0.339. The summed E-state index contributed by atoms with van der Waals surface area (Å²) in [6, 6.07) is 7.73. The Morgan fingerprint density at radius 2 is 2.14 bits per heavy atom. The van der Waals surface area contributed by atoms with Crippen LogP contribution in [0, 0.1) is 6.92 Å². The predicted octanol–water partition coefficient (Wildman–Crippen LogP) is 1.64. The van der Waals surface area contributed by atoms with Gasteiger partial charge in [0, 0.05) is 11.6 Å². The van der Waals surface area contributed by atoms with E-state index in [9.17, 15) is 4.79 Å². The Morgan fingerprint density at radius 3 is 2.86 bits per heavy atom. The molecule has 0 aliphatic carbocycles. The normalized spacial score (nSPS) is 10.4. The second kappa shape index (κ2) is 3.10. The number of nitrogens with two attached hydrogens (primary N) is 1. The van der Waals surface area contributed by atoms with Gasteiger partial charge in [-0.1, -0.05) is 17.7 Å². The third-order valence-corrected chi connectivity index (χ3v) is 2.16. The van der Waals surface area contributed by atoms with Crippen molar-refractivity contribution < 1.29 is 4.79 Å². The van der Waals surface area contributed by atoms with Gasteiger partial charge in [0.15, 0.2) is 0 Å². The maximum atomic E-state index is 11.1. The lowest BCUT2D eigenvalue weighted by Crippen LogP contribution is -2.13. The van der Waals surface area contributed by atoms with E-state index in [1.807, 2.05) is 31.2 Å². The Bertz CT molecular complexity index is 506. The minimum Gasteiger partial charge on any atom is -0.364 e. The number of nitrogens with zero attached hydrogens (tertiary/aromatic N) is 1. The molecule has 0 saturated heterocycles. The van der Waals surface area contributed by atoms with E-state index in [-0.39, 0.29) is 0 Å². The molecular formula is C11H10N2O. The average molecular weight is 186 g/mol. The maximum Gasteiger partial charge on any atom is 0.267 e. The van der Waals surface area contributed by atoms with Gasteiger partial charge in [-0.2, -0.15) is 0 Å². The molecule has 3 heteroatoms. The molecule has 2 N–H and O–H groups in total. The number of primary amides is 1. The highest BCUT2D eigenvalue weighted by Gasteiger charge is 2.07. The molecule has 2 rings (SSSR count). The van der Waals surface area contributed by atoms with Gasteiger partial charge in [-0.3, -0.25) is 9.78 Å². The van der Waals surface area contributed by atoms with Gasteiger partial charge in [0.2, 0.25) is 0 Å². The molecule has 3 nitrogen and oxygen atoms in total. The van der Waals surface area contributed by atoms with Crippen LogP contribution >= 0.6 is 0 Å². The average Bonchev–Trinajstić information content (AvgIpc) is 2.16. The van der Waals surface area contributed by atoms with Crippen molar-refractivity contribution in [2.24, 2.45) is 5.73 Å². The number of rotatable bonds is 1. The summed E-state index contributed by atoms with van der Waals surface area (Å²) in [6.07, 6.45) is 1.60. The molecule has 0 fully saturated rings. The predicted molar refractivity (Wildman–Crippen MR) is 55.0 cm³/mol. The van der Waals surface area contributed by atoms with Crippen molar-refractivity contribution in [1.29, 1.82) is 0 Å². The highest BCUT2D eigenvalue weighted by molar-refractivity contribution is 6.04. The first-order valence-electron chi connectivity index (χ1n) is 4.33. The van der Waals surface area contributed by atoms with E-state index in [1.54, 1.807) is 6.20 Å². The number of aromatic nitrogens is 1. The third-order valence-electron chi connectivity index (χ3n) is 2.16. The number of carbonyl (C=O) groups excluding carboxylic acids is 1. The molecule has 1 aromatic heterocycles. The SMILES string of the molecule is Cc1ccc2ccnc(C(N)=O)c2c1. The molecule has 0 saturated carbocycles. The van der Waals surface area contributed by atoms with Crippen molar-refractivity contribution in [3.63, 3.8) is 0 Å². The van der Waals surface area contributed by atoms with Crippen LogP contribution in [0.4, 0.5) is 0 Å². The Morgan fingerprint density at radius 1 is 1.36 bits per heavy atom. The smallest absolute Gasteiger partial charge is 0.267 e. The van der Waals surface area contributed by atoms with Gasteiger partial charge in [0.1, 0.15) is 5.69 Å². The third kappa shape index (κ3) is 1.33. The lowest BCUT2D eigenvalue weighted by molar-refractivity contribution is 0.0997. The second-order valence-corrected chi connectivity index (χ2v) is 3.25. The number of hydrogen-bond acceptors (Lipinski definition) is 2. The van der Waals surface area contributed by atoms with Crippen LogP contribution in [0.2, 0.25) is 0 Å². The van der Waals surface area contributed by atoms with E-state index in [0.717, 1.165) is 16.3 Å². The van der Waals surface area contributed by atoms with E-state index < -0.39 is 5.91 Å². The van der Waals surface area contributed by atoms with Gasteiger partial charge >= 0.3 is 0 Å². The maximum absolute atomic E-state index is 11.1. The van der Waals surface area contributed by atoms with Gasteiger partial charge in [-0.15, -0.1) is 0 Å². The highest BCUT2D eigenvalue weighted by Crippen LogP contribution is 2.17. The first-order valence-corrected chi connectivity index (χ1v) is 4.33. The molecular weight excluding hydrogens is 176 g/mol. The Labute approximate surface area is 81.6 Å². The molecule has 0 bridgehead atoms. The summed E-state index contributed by atoms with van der Waals surface area (Å²) in [5.74, 6) is -0.485. The first kappa shape index (κ1) is 8.69. The van der Waals surface area contributed by atoms with Crippen LogP contribution in [0.5, 0.6) is 0 Å². The highest BCUT2D eigenvalue weighted by atomic mass is 16.1. The monoisotopic (exact) mass is 186 g/mol. The molecule has 0 atom stereocenters. The molecule has 1 heterocycles. The zero-order valence-electron chi connectivity index (χ0n) is 7.82. The fourth-order valence-electron chi connectivity index (χ4n) is 1.48. The van der Waals surface area contributed by atoms with Crippen molar-refractivity contribution >= 4 is 16.7 Å². The van der Waals surface area contributed by atoms with Crippen molar-refractivity contribution in [3.8, 4) is 0 Å². The van der Waals surface area contributed by atoms with Crippen LogP contribution in [-0.4, -0.2) is 10.9 Å². The van der Waals surface area contributed by atoms with Crippen LogP contribution in [0.25, 0.3) is 10.8 Å². The van der Waals surface area contributed by atoms with Gasteiger partial charge in [-0.25, -0.2) is 0 Å². The fourth-order valence-corrected chi connectivity index (χ4v) is 1.48. The minimum atomic E-state index is -0.485. The number of fused-ring (bicyclic) bond motifs is 1. The van der Waals surface area contributed by atoms with Crippen molar-refractivity contribution in [2.75, 3.05) is 0 Å². The summed E-state index contributed by atoms with van der Waals surface area (Å²) in [7, 11) is 0. The summed E-state index contributed by atoms with van der Waals surface area (Å²) in [5, 5.41) is 1.81. The summed E-state index contributed by atoms with van der Waals surface area (Å²) in [4.78, 5) is 15.1. The van der Waals surface area contributed by atoms with Crippen LogP contribution in [0.3, 0.4) is 0 Å². The zero-order valence-corrected chi connectivity index (χ0v) is 7.82.